The number of nitrogens with zero attached hydrogens (tertiary/aromatic N) is 3. The third-order valence-electron chi connectivity index (χ3n) is 3.96. The van der Waals surface area contributed by atoms with Crippen molar-refractivity contribution in [2.75, 3.05) is 6.61 Å². The Balaban J connectivity index is 1.60. The number of amides is 1. The summed E-state index contributed by atoms with van der Waals surface area (Å²) in [7, 11) is 0. The molecule has 7 nitrogen and oxygen atoms in total. The van der Waals surface area contributed by atoms with E-state index in [1.165, 1.54) is 0 Å². The summed E-state index contributed by atoms with van der Waals surface area (Å²) in [6.07, 6.45) is 6.57. The smallest absolute Gasteiger partial charge is 0.273 e. The van der Waals surface area contributed by atoms with Crippen molar-refractivity contribution in [1.29, 1.82) is 0 Å². The van der Waals surface area contributed by atoms with Crippen molar-refractivity contribution in [2.45, 2.75) is 45.3 Å². The van der Waals surface area contributed by atoms with Crippen LogP contribution in [0.3, 0.4) is 0 Å². The molecule has 1 N–H and O–H groups in total. The van der Waals surface area contributed by atoms with E-state index in [4.69, 9.17) is 9.26 Å². The zero-order valence-electron chi connectivity index (χ0n) is 13.3. The van der Waals surface area contributed by atoms with Crippen LogP contribution in [0.25, 0.3) is 0 Å². The molecule has 1 atom stereocenters. The van der Waals surface area contributed by atoms with Gasteiger partial charge >= 0.3 is 0 Å². The largest absolute Gasteiger partial charge is 0.367 e. The molecule has 23 heavy (non-hydrogen) atoms. The summed E-state index contributed by atoms with van der Waals surface area (Å²) in [5.74, 6) is 1.01. The zero-order chi connectivity index (χ0) is 16.3. The Kier molecular flexibility index (Phi) is 4.38. The summed E-state index contributed by atoms with van der Waals surface area (Å²) in [4.78, 5) is 20.7. The molecular formula is C16H20N4O3. The van der Waals surface area contributed by atoms with E-state index in [1.807, 2.05) is 6.92 Å². The molecule has 1 fully saturated rings. The lowest BCUT2D eigenvalue weighted by molar-refractivity contribution is -0.0760. The Bertz CT molecular complexity index is 675. The molecule has 3 heterocycles. The summed E-state index contributed by atoms with van der Waals surface area (Å²) in [6.45, 7) is 4.84. The van der Waals surface area contributed by atoms with Crippen LogP contribution < -0.4 is 5.32 Å². The van der Waals surface area contributed by atoms with Crippen molar-refractivity contribution in [3.8, 4) is 0 Å². The minimum absolute atomic E-state index is 0.267. The fourth-order valence-corrected chi connectivity index (χ4v) is 2.58. The Morgan fingerprint density at radius 1 is 1.35 bits per heavy atom. The van der Waals surface area contributed by atoms with E-state index in [0.717, 1.165) is 31.4 Å². The average Bonchev–Trinajstić information content (AvgIpc) is 3.00. The topological polar surface area (TPSA) is 90.1 Å². The molecule has 122 valence electrons. The number of carbonyl (C=O) groups excluding carboxylic acids is 1. The molecule has 0 aliphatic carbocycles. The predicted molar refractivity (Wildman–Crippen MR) is 81.6 cm³/mol. The highest BCUT2D eigenvalue weighted by Crippen LogP contribution is 2.32. The molecule has 0 bridgehead atoms. The summed E-state index contributed by atoms with van der Waals surface area (Å²) in [5, 5.41) is 6.44. The molecule has 1 saturated heterocycles. The molecule has 0 unspecified atom stereocenters. The van der Waals surface area contributed by atoms with Crippen LogP contribution in [0.15, 0.2) is 23.0 Å². The second kappa shape index (κ2) is 6.45. The Labute approximate surface area is 134 Å². The van der Waals surface area contributed by atoms with Gasteiger partial charge in [-0.25, -0.2) is 9.97 Å². The molecule has 0 radical (unpaired) electrons. The van der Waals surface area contributed by atoms with Gasteiger partial charge in [-0.2, -0.15) is 0 Å². The fourth-order valence-electron chi connectivity index (χ4n) is 2.58. The van der Waals surface area contributed by atoms with Gasteiger partial charge in [-0.1, -0.05) is 5.16 Å². The number of hydrogen-bond acceptors (Lipinski definition) is 6. The molecular weight excluding hydrogens is 296 g/mol. The summed E-state index contributed by atoms with van der Waals surface area (Å²) < 4.78 is 10.7. The van der Waals surface area contributed by atoms with Crippen molar-refractivity contribution in [1.82, 2.24) is 20.4 Å². The van der Waals surface area contributed by atoms with E-state index in [1.54, 1.807) is 25.4 Å². The van der Waals surface area contributed by atoms with Crippen LogP contribution in [-0.2, 0) is 16.9 Å². The summed E-state index contributed by atoms with van der Waals surface area (Å²) >= 11 is 0. The van der Waals surface area contributed by atoms with Gasteiger partial charge in [-0.3, -0.25) is 4.79 Å². The van der Waals surface area contributed by atoms with E-state index >= 15 is 0 Å². The van der Waals surface area contributed by atoms with Crippen LogP contribution in [0.1, 0.15) is 53.8 Å². The molecule has 1 aliphatic rings. The number of carbonyl (C=O) groups is 1. The predicted octanol–water partition coefficient (Wildman–Crippen LogP) is 2.12. The lowest BCUT2D eigenvalue weighted by atomic mass is 9.95. The summed E-state index contributed by atoms with van der Waals surface area (Å²) in [6, 6.07) is 1.59. The van der Waals surface area contributed by atoms with Crippen LogP contribution in [0.2, 0.25) is 0 Å². The normalized spacial score (nSPS) is 21.1. The minimum atomic E-state index is -0.404. The second-order valence-corrected chi connectivity index (χ2v) is 5.96. The average molecular weight is 316 g/mol. The van der Waals surface area contributed by atoms with E-state index in [2.05, 4.69) is 20.4 Å². The number of ether oxygens (including phenoxy) is 1. The third kappa shape index (κ3) is 3.56. The maximum atomic E-state index is 11.9. The highest BCUT2D eigenvalue weighted by atomic mass is 16.5. The Morgan fingerprint density at radius 3 is 2.74 bits per heavy atom. The quantitative estimate of drug-likeness (QED) is 0.929. The van der Waals surface area contributed by atoms with Gasteiger partial charge in [0.25, 0.3) is 5.91 Å². The molecule has 7 heteroatoms. The Hall–Kier alpha value is -2.28. The first-order chi connectivity index (χ1) is 11.1. The van der Waals surface area contributed by atoms with E-state index in [0.29, 0.717) is 18.1 Å². The van der Waals surface area contributed by atoms with Crippen molar-refractivity contribution in [3.05, 3.63) is 41.3 Å². The van der Waals surface area contributed by atoms with Gasteiger partial charge in [0.2, 0.25) is 0 Å². The molecule has 0 aromatic carbocycles. The first kappa shape index (κ1) is 15.6. The van der Waals surface area contributed by atoms with Gasteiger partial charge in [-0.15, -0.1) is 0 Å². The monoisotopic (exact) mass is 316 g/mol. The summed E-state index contributed by atoms with van der Waals surface area (Å²) in [5.41, 5.74) is 0.683. The molecule has 2 aromatic heterocycles. The van der Waals surface area contributed by atoms with Crippen LogP contribution in [0.4, 0.5) is 0 Å². The van der Waals surface area contributed by atoms with Crippen LogP contribution in [-0.4, -0.2) is 27.6 Å². The molecule has 2 aromatic rings. The number of rotatable bonds is 4. The van der Waals surface area contributed by atoms with Crippen molar-refractivity contribution in [2.24, 2.45) is 0 Å². The number of aryl methyl sites for hydroxylation is 1. The lowest BCUT2D eigenvalue weighted by Gasteiger charge is -2.32. The van der Waals surface area contributed by atoms with E-state index in [-0.39, 0.29) is 11.6 Å². The van der Waals surface area contributed by atoms with Gasteiger partial charge in [-0.05, 0) is 33.1 Å². The third-order valence-corrected chi connectivity index (χ3v) is 3.96. The highest BCUT2D eigenvalue weighted by molar-refractivity contribution is 5.92. The fraction of sp³-hybridized carbons (Fsp3) is 0.500. The van der Waals surface area contributed by atoms with Crippen molar-refractivity contribution >= 4 is 5.91 Å². The number of nitrogens with one attached hydrogen (secondary N) is 1. The van der Waals surface area contributed by atoms with Gasteiger partial charge in [0.05, 0.1) is 0 Å². The first-order valence-corrected chi connectivity index (χ1v) is 7.74. The van der Waals surface area contributed by atoms with Gasteiger partial charge < -0.3 is 14.6 Å². The molecule has 0 spiro atoms. The molecule has 1 amide bonds. The standard InChI is InChI=1S/C16H20N4O3/c1-11-7-13(20-23-11)14(21)17-8-12-9-18-15(19-10-12)16(2)5-3-4-6-22-16/h7,9-10H,3-6,8H2,1-2H3,(H,17,21)/t16-/m0/s1. The van der Waals surface area contributed by atoms with E-state index in [9.17, 15) is 4.79 Å². The molecule has 3 rings (SSSR count). The Morgan fingerprint density at radius 2 is 2.13 bits per heavy atom. The SMILES string of the molecule is Cc1cc(C(=O)NCc2cnc([C@]3(C)CCCCO3)nc2)no1. The van der Waals surface area contributed by atoms with Crippen LogP contribution >= 0.6 is 0 Å². The highest BCUT2D eigenvalue weighted by Gasteiger charge is 2.32. The maximum Gasteiger partial charge on any atom is 0.273 e. The second-order valence-electron chi connectivity index (χ2n) is 5.96. The van der Waals surface area contributed by atoms with E-state index < -0.39 is 5.60 Å². The molecule has 0 saturated carbocycles. The van der Waals surface area contributed by atoms with Crippen molar-refractivity contribution < 1.29 is 14.1 Å². The van der Waals surface area contributed by atoms with Crippen LogP contribution in [0, 0.1) is 6.92 Å². The number of hydrogen-bond donors (Lipinski definition) is 1. The van der Waals surface area contributed by atoms with Crippen LogP contribution in [0.5, 0.6) is 0 Å². The lowest BCUT2D eigenvalue weighted by Crippen LogP contribution is -2.32. The van der Waals surface area contributed by atoms with Crippen molar-refractivity contribution in [3.63, 3.8) is 0 Å². The van der Waals surface area contributed by atoms with Gasteiger partial charge in [0.1, 0.15) is 11.4 Å². The molecule has 1 aliphatic heterocycles. The van der Waals surface area contributed by atoms with Gasteiger partial charge in [0.15, 0.2) is 11.5 Å². The zero-order valence-corrected chi connectivity index (χ0v) is 13.3. The van der Waals surface area contributed by atoms with Gasteiger partial charge in [0, 0.05) is 37.2 Å². The maximum absolute atomic E-state index is 11.9. The minimum Gasteiger partial charge on any atom is -0.367 e. The first-order valence-electron chi connectivity index (χ1n) is 7.74. The number of aromatic nitrogens is 3.